The number of pyridine rings is 1. The van der Waals surface area contributed by atoms with Gasteiger partial charge in [-0.15, -0.1) is 0 Å². The van der Waals surface area contributed by atoms with E-state index in [9.17, 15) is 39.3 Å². The Morgan fingerprint density at radius 1 is 0.919 bits per heavy atom. The number of carbonyl (C=O) groups is 3. The number of carboxylic acid groups (broad SMARTS) is 3. The van der Waals surface area contributed by atoms with Crippen molar-refractivity contribution < 1.29 is 63.7 Å². The summed E-state index contributed by atoms with van der Waals surface area (Å²) in [6, 6.07) is 11.3. The van der Waals surface area contributed by atoms with Crippen LogP contribution in [0, 0.1) is 0 Å². The van der Waals surface area contributed by atoms with E-state index in [4.69, 9.17) is 4.42 Å². The molecule has 2 aromatic heterocycles. The van der Waals surface area contributed by atoms with Crippen molar-refractivity contribution in [2.45, 2.75) is 33.2 Å². The fourth-order valence-electron chi connectivity index (χ4n) is 3.91. The third-order valence-corrected chi connectivity index (χ3v) is 5.44. The number of aromatic carboxylic acids is 3. The molecule has 0 bridgehead atoms. The first-order valence-corrected chi connectivity index (χ1v) is 11.0. The zero-order valence-electron chi connectivity index (χ0n) is 20.4. The molecule has 0 atom stereocenters. The quantitative estimate of drug-likeness (QED) is 0.255. The molecule has 0 aliphatic carbocycles. The van der Waals surface area contributed by atoms with Crippen LogP contribution in [0.4, 0.5) is 0 Å². The van der Waals surface area contributed by atoms with Gasteiger partial charge in [-0.3, -0.25) is 9.59 Å². The van der Waals surface area contributed by atoms with Gasteiger partial charge in [-0.25, -0.2) is 9.59 Å². The van der Waals surface area contributed by atoms with Gasteiger partial charge in [0.2, 0.25) is 5.76 Å². The minimum Gasteiger partial charge on any atom is -0.545 e. The van der Waals surface area contributed by atoms with Crippen molar-refractivity contribution in [3.8, 4) is 0 Å². The van der Waals surface area contributed by atoms with Crippen molar-refractivity contribution in [2.24, 2.45) is 0 Å². The average molecular weight is 515 g/mol. The zero-order valence-corrected chi connectivity index (χ0v) is 22.4. The largest absolute Gasteiger partial charge is 1.00 e. The standard InChI is InChI=1S/C19H17NO7.C7H6O2.Na/c1-3-5-9-16-10(13(21)7-12(18(23)24)20(16)4-2)6-11-14(22)8-15(19(25)26)27-17(9)11;8-7(9)6-4-2-1-3-5-6;/h6-8H,3-5H2,1-2H3,(H,23,24)(H,25,26);1-5H,(H,8,9);/q;;+1/p-1. The number of carboxylic acids is 3. The molecule has 2 heterocycles. The molecular formula is C26H22NNaO9. The fraction of sp³-hybridized carbons (Fsp3) is 0.192. The molecule has 186 valence electrons. The van der Waals surface area contributed by atoms with Crippen molar-refractivity contribution in [3.63, 3.8) is 0 Å². The van der Waals surface area contributed by atoms with Gasteiger partial charge in [0, 0.05) is 29.6 Å². The molecule has 4 aromatic rings. The number of hydrogen-bond acceptors (Lipinski definition) is 7. The van der Waals surface area contributed by atoms with Crippen LogP contribution in [0.1, 0.15) is 57.2 Å². The normalized spacial score (nSPS) is 10.3. The molecule has 0 saturated carbocycles. The summed E-state index contributed by atoms with van der Waals surface area (Å²) in [5.74, 6) is -4.28. The molecule has 0 spiro atoms. The maximum atomic E-state index is 12.6. The van der Waals surface area contributed by atoms with Crippen molar-refractivity contribution in [2.75, 3.05) is 0 Å². The van der Waals surface area contributed by atoms with Crippen molar-refractivity contribution in [1.29, 1.82) is 0 Å². The van der Waals surface area contributed by atoms with Crippen LogP contribution in [0.3, 0.4) is 0 Å². The molecule has 2 aromatic carbocycles. The van der Waals surface area contributed by atoms with Gasteiger partial charge < -0.3 is 29.1 Å². The van der Waals surface area contributed by atoms with Gasteiger partial charge in [-0.2, -0.15) is 0 Å². The smallest absolute Gasteiger partial charge is 0.545 e. The number of hydrogen-bond donors (Lipinski definition) is 2. The summed E-state index contributed by atoms with van der Waals surface area (Å²) >= 11 is 0. The van der Waals surface area contributed by atoms with E-state index < -0.39 is 34.5 Å². The van der Waals surface area contributed by atoms with Gasteiger partial charge in [0.1, 0.15) is 11.3 Å². The van der Waals surface area contributed by atoms with Gasteiger partial charge in [-0.1, -0.05) is 43.7 Å². The SMILES string of the molecule is CCCc1c2oc(C(=O)O)cc(=O)c2cc2c(=O)cc(C(=O)O)n(CC)c12.O=C([O-])c1ccccc1.[Na+]. The summed E-state index contributed by atoms with van der Waals surface area (Å²) in [7, 11) is 0. The second-order valence-electron chi connectivity index (χ2n) is 7.75. The predicted octanol–water partition coefficient (Wildman–Crippen LogP) is -0.469. The van der Waals surface area contributed by atoms with Gasteiger partial charge in [0.05, 0.1) is 16.9 Å². The van der Waals surface area contributed by atoms with E-state index in [1.165, 1.54) is 22.8 Å². The molecule has 0 fully saturated rings. The van der Waals surface area contributed by atoms with E-state index in [1.54, 1.807) is 25.1 Å². The third-order valence-electron chi connectivity index (χ3n) is 5.44. The first-order valence-electron chi connectivity index (χ1n) is 11.0. The van der Waals surface area contributed by atoms with Crippen molar-refractivity contribution in [3.05, 3.63) is 91.6 Å². The summed E-state index contributed by atoms with van der Waals surface area (Å²) in [6.07, 6.45) is 0.993. The summed E-state index contributed by atoms with van der Waals surface area (Å²) < 4.78 is 6.94. The van der Waals surface area contributed by atoms with E-state index in [2.05, 4.69) is 0 Å². The zero-order chi connectivity index (χ0) is 26.6. The van der Waals surface area contributed by atoms with Crippen molar-refractivity contribution >= 4 is 39.8 Å². The topological polar surface area (TPSA) is 167 Å². The van der Waals surface area contributed by atoms with Crippen LogP contribution in [-0.2, 0) is 13.0 Å². The molecular weight excluding hydrogens is 493 g/mol. The van der Waals surface area contributed by atoms with Crippen LogP contribution in [-0.4, -0.2) is 32.7 Å². The Bertz CT molecular complexity index is 1600. The monoisotopic (exact) mass is 515 g/mol. The summed E-state index contributed by atoms with van der Waals surface area (Å²) in [5.41, 5.74) is -0.181. The molecule has 0 unspecified atom stereocenters. The van der Waals surface area contributed by atoms with E-state index in [0.29, 0.717) is 23.9 Å². The van der Waals surface area contributed by atoms with Crippen molar-refractivity contribution in [1.82, 2.24) is 4.57 Å². The van der Waals surface area contributed by atoms with E-state index >= 15 is 0 Å². The second kappa shape index (κ2) is 12.5. The summed E-state index contributed by atoms with van der Waals surface area (Å²) in [6.45, 7) is 3.88. The maximum absolute atomic E-state index is 12.6. The molecule has 0 aliphatic rings. The molecule has 0 saturated heterocycles. The molecule has 0 amide bonds. The minimum atomic E-state index is -1.39. The molecule has 0 radical (unpaired) electrons. The van der Waals surface area contributed by atoms with Crippen LogP contribution in [0.15, 0.2) is 62.5 Å². The Kier molecular flexibility index (Phi) is 9.96. The predicted molar refractivity (Wildman–Crippen MR) is 129 cm³/mol. The Hall–Kier alpha value is -3.73. The second-order valence-corrected chi connectivity index (χ2v) is 7.75. The van der Waals surface area contributed by atoms with E-state index in [1.807, 2.05) is 6.92 Å². The fourth-order valence-corrected chi connectivity index (χ4v) is 3.91. The Morgan fingerprint density at radius 2 is 1.54 bits per heavy atom. The molecule has 11 heteroatoms. The molecule has 2 N–H and O–H groups in total. The number of aryl methyl sites for hydroxylation is 2. The van der Waals surface area contributed by atoms with Crippen LogP contribution < -0.4 is 45.5 Å². The average Bonchev–Trinajstić information content (AvgIpc) is 2.85. The van der Waals surface area contributed by atoms with E-state index in [0.717, 1.165) is 12.1 Å². The number of aromatic nitrogens is 1. The van der Waals surface area contributed by atoms with E-state index in [-0.39, 0.29) is 63.7 Å². The van der Waals surface area contributed by atoms with Crippen LogP contribution in [0.2, 0.25) is 0 Å². The summed E-state index contributed by atoms with van der Waals surface area (Å²) in [4.78, 5) is 57.9. The van der Waals surface area contributed by atoms with Gasteiger partial charge in [0.15, 0.2) is 10.9 Å². The molecule has 4 rings (SSSR count). The maximum Gasteiger partial charge on any atom is 1.00 e. The molecule has 37 heavy (non-hydrogen) atoms. The van der Waals surface area contributed by atoms with Gasteiger partial charge in [-0.05, 0) is 25.0 Å². The van der Waals surface area contributed by atoms with Crippen LogP contribution in [0.25, 0.3) is 21.9 Å². The number of carbonyl (C=O) groups excluding carboxylic acids is 1. The summed E-state index contributed by atoms with van der Waals surface area (Å²) in [5, 5.41) is 29.1. The first kappa shape index (κ1) is 29.5. The van der Waals surface area contributed by atoms with Crippen LogP contribution in [0.5, 0.6) is 0 Å². The Morgan fingerprint density at radius 3 is 2.03 bits per heavy atom. The van der Waals surface area contributed by atoms with Crippen LogP contribution >= 0.6 is 0 Å². The Balaban J connectivity index is 0.000000408. The minimum absolute atomic E-state index is 0. The number of fused-ring (bicyclic) bond motifs is 2. The Labute approximate surface area is 232 Å². The number of nitrogens with zero attached hydrogens (tertiary/aromatic N) is 1. The number of rotatable bonds is 6. The first-order chi connectivity index (χ1) is 17.1. The molecule has 10 nitrogen and oxygen atoms in total. The molecule has 0 aliphatic heterocycles. The number of benzene rings is 2. The van der Waals surface area contributed by atoms with Gasteiger partial charge >= 0.3 is 41.5 Å². The van der Waals surface area contributed by atoms with Gasteiger partial charge in [0.25, 0.3) is 0 Å². The third kappa shape index (κ3) is 6.16.